The van der Waals surface area contributed by atoms with Crippen LogP contribution < -0.4 is 11.1 Å². The summed E-state index contributed by atoms with van der Waals surface area (Å²) in [6, 6.07) is 0.666. The van der Waals surface area contributed by atoms with E-state index >= 15 is 0 Å². The van der Waals surface area contributed by atoms with Crippen LogP contribution in [0.1, 0.15) is 52.4 Å². The zero-order chi connectivity index (χ0) is 14.5. The molecule has 4 unspecified atom stereocenters. The summed E-state index contributed by atoms with van der Waals surface area (Å²) in [5, 5.41) is 3.15. The van der Waals surface area contributed by atoms with E-state index in [-0.39, 0.29) is 17.9 Å². The van der Waals surface area contributed by atoms with Gasteiger partial charge in [-0.2, -0.15) is 0 Å². The molecule has 0 aromatic carbocycles. The van der Waals surface area contributed by atoms with Gasteiger partial charge in [0.2, 0.25) is 5.91 Å². The highest BCUT2D eigenvalue weighted by Crippen LogP contribution is 2.23. The molecule has 0 aromatic rings. The van der Waals surface area contributed by atoms with Crippen molar-refractivity contribution in [3.8, 4) is 0 Å². The molecule has 4 atom stereocenters. The van der Waals surface area contributed by atoms with Gasteiger partial charge in [-0.25, -0.2) is 0 Å². The van der Waals surface area contributed by atoms with Crippen LogP contribution in [0.2, 0.25) is 0 Å². The van der Waals surface area contributed by atoms with E-state index < -0.39 is 0 Å². The van der Waals surface area contributed by atoms with Crippen LogP contribution in [0.4, 0.5) is 0 Å². The lowest BCUT2D eigenvalue weighted by molar-refractivity contribution is -0.126. The van der Waals surface area contributed by atoms with Crippen molar-refractivity contribution in [2.24, 2.45) is 17.6 Å². The van der Waals surface area contributed by atoms with Crippen LogP contribution in [-0.4, -0.2) is 42.5 Å². The molecule has 1 saturated heterocycles. The maximum absolute atomic E-state index is 12.2. The first kappa shape index (κ1) is 15.8. The molecule has 0 radical (unpaired) electrons. The van der Waals surface area contributed by atoms with Crippen LogP contribution in [0.15, 0.2) is 0 Å². The van der Waals surface area contributed by atoms with E-state index in [4.69, 9.17) is 5.73 Å². The van der Waals surface area contributed by atoms with E-state index in [9.17, 15) is 4.79 Å². The van der Waals surface area contributed by atoms with Crippen LogP contribution in [0.3, 0.4) is 0 Å². The number of rotatable bonds is 4. The van der Waals surface area contributed by atoms with Gasteiger partial charge in [-0.15, -0.1) is 0 Å². The number of piperidine rings is 1. The molecular formula is C16H31N3O. The van der Waals surface area contributed by atoms with Gasteiger partial charge in [0.15, 0.2) is 0 Å². The maximum atomic E-state index is 12.2. The number of hydrogen-bond acceptors (Lipinski definition) is 3. The van der Waals surface area contributed by atoms with Crippen LogP contribution in [0.5, 0.6) is 0 Å². The summed E-state index contributed by atoms with van der Waals surface area (Å²) in [4.78, 5) is 14.7. The summed E-state index contributed by atoms with van der Waals surface area (Å²) in [6.07, 6.45) is 6.67. The van der Waals surface area contributed by atoms with Crippen molar-refractivity contribution in [3.63, 3.8) is 0 Å². The number of hydrogen-bond donors (Lipinski definition) is 2. The Labute approximate surface area is 123 Å². The Hall–Kier alpha value is -0.610. The quantitative estimate of drug-likeness (QED) is 0.825. The zero-order valence-electron chi connectivity index (χ0n) is 13.1. The third-order valence-electron chi connectivity index (χ3n) is 4.97. The number of carbonyl (C=O) groups is 1. The minimum atomic E-state index is 0.145. The molecule has 1 amide bonds. The number of amides is 1. The molecule has 2 rings (SSSR count). The van der Waals surface area contributed by atoms with Crippen LogP contribution in [0, 0.1) is 11.8 Å². The molecule has 4 nitrogen and oxygen atoms in total. The van der Waals surface area contributed by atoms with E-state index in [0.717, 1.165) is 38.1 Å². The molecule has 4 heteroatoms. The monoisotopic (exact) mass is 281 g/mol. The summed E-state index contributed by atoms with van der Waals surface area (Å²) >= 11 is 0. The molecule has 1 aliphatic carbocycles. The first-order valence-corrected chi connectivity index (χ1v) is 8.33. The minimum absolute atomic E-state index is 0.145. The SMILES string of the molecule is CC1CCCN(C(C)CNC(=O)C2CCCC(N)C2)C1. The van der Waals surface area contributed by atoms with E-state index in [1.165, 1.54) is 25.9 Å². The maximum Gasteiger partial charge on any atom is 0.223 e. The minimum Gasteiger partial charge on any atom is -0.354 e. The molecule has 0 bridgehead atoms. The van der Waals surface area contributed by atoms with E-state index in [1.807, 2.05) is 0 Å². The highest BCUT2D eigenvalue weighted by Gasteiger charge is 2.26. The van der Waals surface area contributed by atoms with Crippen molar-refractivity contribution in [1.29, 1.82) is 0 Å². The molecule has 0 spiro atoms. The van der Waals surface area contributed by atoms with Crippen LogP contribution in [0.25, 0.3) is 0 Å². The Kier molecular flexibility index (Phi) is 5.85. The van der Waals surface area contributed by atoms with Gasteiger partial charge >= 0.3 is 0 Å². The summed E-state index contributed by atoms with van der Waals surface area (Å²) < 4.78 is 0. The average molecular weight is 281 g/mol. The molecule has 3 N–H and O–H groups in total. The zero-order valence-corrected chi connectivity index (χ0v) is 13.1. The lowest BCUT2D eigenvalue weighted by Gasteiger charge is -2.36. The van der Waals surface area contributed by atoms with Gasteiger partial charge < -0.3 is 11.1 Å². The smallest absolute Gasteiger partial charge is 0.223 e. The molecule has 1 heterocycles. The van der Waals surface area contributed by atoms with Crippen LogP contribution in [-0.2, 0) is 4.79 Å². The Morgan fingerprint density at radius 3 is 2.85 bits per heavy atom. The van der Waals surface area contributed by atoms with Crippen molar-refractivity contribution in [3.05, 3.63) is 0 Å². The van der Waals surface area contributed by atoms with E-state index in [1.54, 1.807) is 0 Å². The fourth-order valence-corrected chi connectivity index (χ4v) is 3.61. The Morgan fingerprint density at radius 2 is 2.15 bits per heavy atom. The van der Waals surface area contributed by atoms with E-state index in [2.05, 4.69) is 24.1 Å². The molecule has 1 saturated carbocycles. The van der Waals surface area contributed by atoms with Crippen molar-refractivity contribution < 1.29 is 4.79 Å². The van der Waals surface area contributed by atoms with Crippen molar-refractivity contribution >= 4 is 5.91 Å². The molecular weight excluding hydrogens is 250 g/mol. The normalized spacial score (nSPS) is 33.6. The van der Waals surface area contributed by atoms with Crippen LogP contribution >= 0.6 is 0 Å². The number of nitrogens with zero attached hydrogens (tertiary/aromatic N) is 1. The second-order valence-electron chi connectivity index (χ2n) is 6.96. The largest absolute Gasteiger partial charge is 0.354 e. The fraction of sp³-hybridized carbons (Fsp3) is 0.938. The second kappa shape index (κ2) is 7.41. The topological polar surface area (TPSA) is 58.4 Å². The predicted octanol–water partition coefficient (Wildman–Crippen LogP) is 1.74. The van der Waals surface area contributed by atoms with Gasteiger partial charge in [0.05, 0.1) is 0 Å². The van der Waals surface area contributed by atoms with E-state index in [0.29, 0.717) is 6.04 Å². The summed E-state index contributed by atoms with van der Waals surface area (Å²) in [5.41, 5.74) is 5.96. The van der Waals surface area contributed by atoms with Gasteiger partial charge in [0, 0.05) is 31.1 Å². The Morgan fingerprint density at radius 1 is 1.35 bits per heavy atom. The lowest BCUT2D eigenvalue weighted by Crippen LogP contribution is -2.47. The van der Waals surface area contributed by atoms with Gasteiger partial charge in [-0.05, 0) is 51.5 Å². The Balaban J connectivity index is 1.72. The first-order valence-electron chi connectivity index (χ1n) is 8.33. The summed E-state index contributed by atoms with van der Waals surface area (Å²) in [6.45, 7) is 7.67. The molecule has 116 valence electrons. The third kappa shape index (κ3) is 4.45. The summed E-state index contributed by atoms with van der Waals surface area (Å²) in [5.74, 6) is 1.15. The van der Waals surface area contributed by atoms with Crippen molar-refractivity contribution in [2.45, 2.75) is 64.5 Å². The van der Waals surface area contributed by atoms with Gasteiger partial charge in [-0.3, -0.25) is 9.69 Å². The molecule has 1 aliphatic heterocycles. The number of carbonyl (C=O) groups excluding carboxylic acids is 1. The molecule has 2 aliphatic rings. The third-order valence-corrected chi connectivity index (χ3v) is 4.97. The highest BCUT2D eigenvalue weighted by molar-refractivity contribution is 5.78. The number of likely N-dealkylation sites (tertiary alicyclic amines) is 1. The van der Waals surface area contributed by atoms with Crippen molar-refractivity contribution in [2.75, 3.05) is 19.6 Å². The standard InChI is InChI=1S/C16H31N3O/c1-12-5-4-8-19(11-12)13(2)10-18-16(20)14-6-3-7-15(17)9-14/h12-15H,3-11,17H2,1-2H3,(H,18,20). The molecule has 0 aromatic heterocycles. The van der Waals surface area contributed by atoms with Gasteiger partial charge in [0.25, 0.3) is 0 Å². The average Bonchev–Trinajstić information content (AvgIpc) is 2.44. The lowest BCUT2D eigenvalue weighted by atomic mass is 9.85. The predicted molar refractivity (Wildman–Crippen MR) is 82.4 cm³/mol. The van der Waals surface area contributed by atoms with Crippen molar-refractivity contribution in [1.82, 2.24) is 10.2 Å². The second-order valence-corrected chi connectivity index (χ2v) is 6.96. The van der Waals surface area contributed by atoms with Gasteiger partial charge in [0.1, 0.15) is 0 Å². The Bertz CT molecular complexity index is 321. The molecule has 2 fully saturated rings. The summed E-state index contributed by atoms with van der Waals surface area (Å²) in [7, 11) is 0. The number of nitrogens with two attached hydrogens (primary N) is 1. The fourth-order valence-electron chi connectivity index (χ4n) is 3.61. The van der Waals surface area contributed by atoms with Gasteiger partial charge in [-0.1, -0.05) is 13.3 Å². The number of nitrogens with one attached hydrogen (secondary N) is 1. The first-order chi connectivity index (χ1) is 9.56. The highest BCUT2D eigenvalue weighted by atomic mass is 16.1. The molecule has 20 heavy (non-hydrogen) atoms.